The minimum absolute atomic E-state index is 0.0361. The van der Waals surface area contributed by atoms with Gasteiger partial charge in [-0.15, -0.1) is 0 Å². The minimum atomic E-state index is -0.439. The summed E-state index contributed by atoms with van der Waals surface area (Å²) in [5, 5.41) is 6.16. The van der Waals surface area contributed by atoms with Crippen molar-refractivity contribution < 1.29 is 23.5 Å². The van der Waals surface area contributed by atoms with Crippen molar-refractivity contribution in [2.45, 2.75) is 26.2 Å². The molecular weight excluding hydrogens is 523 g/mol. The number of carbonyl (C=O) groups excluding carboxylic acids is 3. The van der Waals surface area contributed by atoms with E-state index in [0.29, 0.717) is 41.2 Å². The van der Waals surface area contributed by atoms with Crippen LogP contribution < -0.4 is 15.5 Å². The lowest BCUT2D eigenvalue weighted by Gasteiger charge is -2.23. The molecular formula is C32H35FN4O4. The Morgan fingerprint density at radius 3 is 2.32 bits per heavy atom. The zero-order chi connectivity index (χ0) is 29.5. The van der Waals surface area contributed by atoms with Crippen molar-refractivity contribution in [1.82, 2.24) is 4.90 Å². The molecule has 0 atom stereocenters. The zero-order valence-electron chi connectivity index (χ0n) is 23.8. The molecule has 3 aromatic rings. The van der Waals surface area contributed by atoms with Gasteiger partial charge < -0.3 is 25.2 Å². The summed E-state index contributed by atoms with van der Waals surface area (Å²) in [5.74, 6) is -1.10. The first-order chi connectivity index (χ1) is 19.7. The summed E-state index contributed by atoms with van der Waals surface area (Å²) >= 11 is 0. The molecule has 1 aliphatic rings. The first kappa shape index (κ1) is 29.5. The first-order valence-corrected chi connectivity index (χ1v) is 13.5. The van der Waals surface area contributed by atoms with Crippen LogP contribution in [0.2, 0.25) is 0 Å². The van der Waals surface area contributed by atoms with E-state index in [4.69, 9.17) is 4.74 Å². The molecule has 2 N–H and O–H groups in total. The fourth-order valence-electron chi connectivity index (χ4n) is 4.74. The molecule has 0 aromatic heterocycles. The third kappa shape index (κ3) is 7.37. The number of hydrogen-bond donors (Lipinski definition) is 2. The molecule has 0 saturated carbocycles. The second-order valence-electron chi connectivity index (χ2n) is 10.2. The Labute approximate surface area is 239 Å². The van der Waals surface area contributed by atoms with Gasteiger partial charge in [0.2, 0.25) is 5.91 Å². The van der Waals surface area contributed by atoms with Gasteiger partial charge in [-0.2, -0.15) is 0 Å². The normalized spacial score (nSPS) is 13.5. The topological polar surface area (TPSA) is 91.0 Å². The molecule has 2 amide bonds. The van der Waals surface area contributed by atoms with Gasteiger partial charge in [0.25, 0.3) is 5.91 Å². The second kappa shape index (κ2) is 13.2. The van der Waals surface area contributed by atoms with E-state index in [0.717, 1.165) is 29.8 Å². The lowest BCUT2D eigenvalue weighted by Crippen LogP contribution is -2.31. The molecule has 8 nitrogen and oxygen atoms in total. The molecule has 214 valence electrons. The van der Waals surface area contributed by atoms with Crippen LogP contribution in [0.5, 0.6) is 0 Å². The summed E-state index contributed by atoms with van der Waals surface area (Å²) in [6.07, 6.45) is 1.63. The monoisotopic (exact) mass is 558 g/mol. The van der Waals surface area contributed by atoms with Crippen molar-refractivity contribution in [3.63, 3.8) is 0 Å². The molecule has 0 aliphatic carbocycles. The van der Waals surface area contributed by atoms with Crippen LogP contribution in [0.4, 0.5) is 21.5 Å². The third-order valence-electron chi connectivity index (χ3n) is 6.88. The van der Waals surface area contributed by atoms with Crippen LogP contribution >= 0.6 is 0 Å². The predicted octanol–water partition coefficient (Wildman–Crippen LogP) is 5.17. The van der Waals surface area contributed by atoms with Crippen LogP contribution in [0.15, 0.2) is 66.7 Å². The van der Waals surface area contributed by atoms with E-state index in [1.165, 1.54) is 19.2 Å². The molecule has 9 heteroatoms. The summed E-state index contributed by atoms with van der Waals surface area (Å²) in [5.41, 5.74) is 5.13. The van der Waals surface area contributed by atoms with Crippen LogP contribution in [0, 0.1) is 5.82 Å². The zero-order valence-corrected chi connectivity index (χ0v) is 23.8. The molecule has 0 saturated heterocycles. The quantitative estimate of drug-likeness (QED) is 0.249. The molecule has 0 radical (unpaired) electrons. The van der Waals surface area contributed by atoms with Crippen molar-refractivity contribution >= 4 is 46.1 Å². The number of aryl methyl sites for hydroxylation is 1. The number of nitrogens with zero attached hydrogens (tertiary/aromatic N) is 2. The van der Waals surface area contributed by atoms with Crippen LogP contribution in [0.25, 0.3) is 11.3 Å². The molecule has 4 rings (SSSR count). The number of nitrogens with one attached hydrogen (secondary N) is 2. The Hall–Kier alpha value is -4.50. The van der Waals surface area contributed by atoms with Crippen LogP contribution in [0.3, 0.4) is 0 Å². The molecule has 3 aromatic carbocycles. The number of rotatable bonds is 11. The molecule has 0 fully saturated rings. The number of ether oxygens (including phenoxy) is 1. The van der Waals surface area contributed by atoms with E-state index in [1.807, 2.05) is 62.6 Å². The van der Waals surface area contributed by atoms with Crippen LogP contribution in [-0.4, -0.2) is 57.0 Å². The van der Waals surface area contributed by atoms with E-state index in [1.54, 1.807) is 17.9 Å². The fraction of sp³-hybridized carbons (Fsp3) is 0.281. The third-order valence-corrected chi connectivity index (χ3v) is 6.88. The highest BCUT2D eigenvalue weighted by Gasteiger charge is 2.29. The van der Waals surface area contributed by atoms with Gasteiger partial charge in [-0.05, 0) is 87.1 Å². The largest absolute Gasteiger partial charge is 0.469 e. The number of carbonyl (C=O) groups is 3. The number of anilines is 3. The van der Waals surface area contributed by atoms with Gasteiger partial charge in [0, 0.05) is 36.8 Å². The molecule has 0 spiro atoms. The average Bonchev–Trinajstić information content (AvgIpc) is 3.27. The van der Waals surface area contributed by atoms with E-state index < -0.39 is 5.82 Å². The Kier molecular flexibility index (Phi) is 9.52. The van der Waals surface area contributed by atoms with E-state index in [2.05, 4.69) is 15.5 Å². The molecule has 1 aliphatic heterocycles. The minimum Gasteiger partial charge on any atom is -0.469 e. The van der Waals surface area contributed by atoms with Crippen molar-refractivity contribution in [2.75, 3.05) is 49.8 Å². The number of methoxy groups -OCH3 is 1. The lowest BCUT2D eigenvalue weighted by molar-refractivity contribution is -0.140. The Bertz CT molecular complexity index is 1450. The maximum absolute atomic E-state index is 13.9. The standard InChI is InChI=1S/C32H35FN4O4/c1-21(38)37(19-5-18-36(2)3)26-14-12-25(13-15-26)34-31(23-9-6-22(7-10-23)8-17-29(39)41-4)30-27-16-11-24(33)20-28(27)35-32(30)40/h6-7,9-16,20,34H,5,8,17-19H2,1-4H3,(H,35,40). The number of fused-ring (bicyclic) bond motifs is 1. The van der Waals surface area contributed by atoms with Crippen LogP contribution in [-0.2, 0) is 25.5 Å². The molecule has 41 heavy (non-hydrogen) atoms. The van der Waals surface area contributed by atoms with Gasteiger partial charge in [-0.1, -0.05) is 24.3 Å². The maximum atomic E-state index is 13.9. The van der Waals surface area contributed by atoms with E-state index in [-0.39, 0.29) is 24.2 Å². The van der Waals surface area contributed by atoms with Gasteiger partial charge >= 0.3 is 5.97 Å². The Morgan fingerprint density at radius 1 is 0.976 bits per heavy atom. The highest BCUT2D eigenvalue weighted by atomic mass is 19.1. The number of benzene rings is 3. The number of amides is 2. The van der Waals surface area contributed by atoms with Gasteiger partial charge in [0.1, 0.15) is 5.82 Å². The highest BCUT2D eigenvalue weighted by molar-refractivity contribution is 6.37. The first-order valence-electron chi connectivity index (χ1n) is 13.5. The summed E-state index contributed by atoms with van der Waals surface area (Å²) in [6, 6.07) is 19.3. The number of hydrogen-bond acceptors (Lipinski definition) is 6. The Balaban J connectivity index is 1.66. The van der Waals surface area contributed by atoms with E-state index >= 15 is 0 Å². The summed E-state index contributed by atoms with van der Waals surface area (Å²) in [6.45, 7) is 3.03. The Morgan fingerprint density at radius 2 is 1.68 bits per heavy atom. The molecule has 0 unspecified atom stereocenters. The van der Waals surface area contributed by atoms with Crippen molar-refractivity contribution in [1.29, 1.82) is 0 Å². The van der Waals surface area contributed by atoms with Crippen molar-refractivity contribution in [3.8, 4) is 0 Å². The van der Waals surface area contributed by atoms with Gasteiger partial charge in [0.05, 0.1) is 24.1 Å². The number of halogens is 1. The molecule has 0 bridgehead atoms. The van der Waals surface area contributed by atoms with Crippen molar-refractivity contribution in [3.05, 3.63) is 89.2 Å². The smallest absolute Gasteiger partial charge is 0.305 e. The second-order valence-corrected chi connectivity index (χ2v) is 10.2. The van der Waals surface area contributed by atoms with Gasteiger partial charge in [-0.3, -0.25) is 14.4 Å². The highest BCUT2D eigenvalue weighted by Crippen LogP contribution is 2.38. The maximum Gasteiger partial charge on any atom is 0.305 e. The fourth-order valence-corrected chi connectivity index (χ4v) is 4.74. The lowest BCUT2D eigenvalue weighted by atomic mass is 9.98. The van der Waals surface area contributed by atoms with Crippen LogP contribution in [0.1, 0.15) is 36.5 Å². The van der Waals surface area contributed by atoms with Gasteiger partial charge in [0.15, 0.2) is 0 Å². The van der Waals surface area contributed by atoms with Crippen molar-refractivity contribution in [2.24, 2.45) is 0 Å². The number of esters is 1. The van der Waals surface area contributed by atoms with E-state index in [9.17, 15) is 18.8 Å². The predicted molar refractivity (Wildman–Crippen MR) is 160 cm³/mol. The summed E-state index contributed by atoms with van der Waals surface area (Å²) in [7, 11) is 5.36. The molecule has 1 heterocycles. The van der Waals surface area contributed by atoms with Gasteiger partial charge in [-0.25, -0.2) is 4.39 Å². The average molecular weight is 559 g/mol. The SMILES string of the molecule is COC(=O)CCc1ccc(C(Nc2ccc(N(CCCN(C)C)C(C)=O)cc2)=C2C(=O)Nc3cc(F)ccc32)cc1. The summed E-state index contributed by atoms with van der Waals surface area (Å²) in [4.78, 5) is 40.9. The summed E-state index contributed by atoms with van der Waals surface area (Å²) < 4.78 is 18.7.